The molecule has 0 unspecified atom stereocenters. The van der Waals surface area contributed by atoms with Crippen LogP contribution < -0.4 is 0 Å². The molecule has 1 nitrogen and oxygen atoms in total. The Kier molecular flexibility index (Phi) is 3.11. The summed E-state index contributed by atoms with van der Waals surface area (Å²) in [7, 11) is 0. The van der Waals surface area contributed by atoms with Crippen molar-refractivity contribution in [2.45, 2.75) is 57.8 Å². The molecule has 2 rings (SSSR count). The second-order valence-corrected chi connectivity index (χ2v) is 5.22. The highest BCUT2D eigenvalue weighted by atomic mass is 14.7. The average Bonchev–Trinajstić information content (AvgIpc) is 2.73. The Hall–Kier alpha value is -0.510. The molecule has 2 aliphatic carbocycles. The lowest BCUT2D eigenvalue weighted by atomic mass is 9.65. The van der Waals surface area contributed by atoms with Crippen LogP contribution in [0.4, 0.5) is 0 Å². The zero-order valence-corrected chi connectivity index (χ0v) is 9.10. The molecule has 0 aliphatic heterocycles. The molecule has 78 valence electrons. The maximum absolute atomic E-state index is 7.15. The van der Waals surface area contributed by atoms with E-state index in [1.54, 1.807) is 0 Å². The van der Waals surface area contributed by atoms with Gasteiger partial charge in [-0.1, -0.05) is 32.1 Å². The molecule has 2 saturated carbocycles. The van der Waals surface area contributed by atoms with Crippen molar-refractivity contribution < 1.29 is 0 Å². The fourth-order valence-electron chi connectivity index (χ4n) is 3.65. The molecule has 2 fully saturated rings. The molecule has 0 spiro atoms. The molecule has 0 aromatic heterocycles. The van der Waals surface area contributed by atoms with Crippen molar-refractivity contribution in [3.8, 4) is 0 Å². The van der Waals surface area contributed by atoms with Crippen molar-refractivity contribution in [1.82, 2.24) is 0 Å². The maximum Gasteiger partial charge on any atom is 0.220 e. The Morgan fingerprint density at radius 3 is 2.21 bits per heavy atom. The first-order valence-electron chi connectivity index (χ1n) is 6.21. The Bertz CT molecular complexity index is 214. The summed E-state index contributed by atoms with van der Waals surface area (Å²) < 4.78 is 0. The van der Waals surface area contributed by atoms with E-state index < -0.39 is 0 Å². The summed E-state index contributed by atoms with van der Waals surface area (Å²) in [5.74, 6) is 0.900. The van der Waals surface area contributed by atoms with Gasteiger partial charge in [0, 0.05) is 5.41 Å². The van der Waals surface area contributed by atoms with E-state index in [0.717, 1.165) is 12.5 Å². The molecule has 0 saturated heterocycles. The molecule has 14 heavy (non-hydrogen) atoms. The molecule has 0 radical (unpaired) electrons. The topological polar surface area (TPSA) is 4.36 Å². The second kappa shape index (κ2) is 4.34. The summed E-state index contributed by atoms with van der Waals surface area (Å²) in [4.78, 5) is 3.73. The van der Waals surface area contributed by atoms with Crippen molar-refractivity contribution in [2.75, 3.05) is 6.54 Å². The summed E-state index contributed by atoms with van der Waals surface area (Å²) in [6.45, 7) is 7.97. The SMILES string of the molecule is [C-]#[N+]CC1(C2CCCC2)CCCCC1. The Morgan fingerprint density at radius 2 is 1.64 bits per heavy atom. The van der Waals surface area contributed by atoms with Crippen LogP contribution >= 0.6 is 0 Å². The van der Waals surface area contributed by atoms with Crippen LogP contribution in [-0.4, -0.2) is 6.54 Å². The minimum Gasteiger partial charge on any atom is -0.316 e. The van der Waals surface area contributed by atoms with Crippen molar-refractivity contribution in [3.05, 3.63) is 11.4 Å². The Labute approximate surface area is 87.7 Å². The van der Waals surface area contributed by atoms with Gasteiger partial charge in [-0.2, -0.15) is 0 Å². The van der Waals surface area contributed by atoms with Gasteiger partial charge in [0.2, 0.25) is 6.54 Å². The van der Waals surface area contributed by atoms with Gasteiger partial charge in [-0.05, 0) is 31.6 Å². The summed E-state index contributed by atoms with van der Waals surface area (Å²) in [5.41, 5.74) is 0.455. The monoisotopic (exact) mass is 191 g/mol. The van der Waals surface area contributed by atoms with Crippen LogP contribution in [0.3, 0.4) is 0 Å². The fraction of sp³-hybridized carbons (Fsp3) is 0.923. The predicted molar refractivity (Wildman–Crippen MR) is 58.9 cm³/mol. The fourth-order valence-corrected chi connectivity index (χ4v) is 3.65. The van der Waals surface area contributed by atoms with Gasteiger partial charge >= 0.3 is 0 Å². The third-order valence-corrected chi connectivity index (χ3v) is 4.46. The van der Waals surface area contributed by atoms with Crippen LogP contribution in [-0.2, 0) is 0 Å². The van der Waals surface area contributed by atoms with Crippen molar-refractivity contribution in [2.24, 2.45) is 11.3 Å². The van der Waals surface area contributed by atoms with E-state index in [9.17, 15) is 0 Å². The van der Waals surface area contributed by atoms with Gasteiger partial charge in [0.1, 0.15) is 0 Å². The van der Waals surface area contributed by atoms with Crippen molar-refractivity contribution in [3.63, 3.8) is 0 Å². The van der Waals surface area contributed by atoms with Crippen LogP contribution in [0.2, 0.25) is 0 Å². The van der Waals surface area contributed by atoms with E-state index in [0.29, 0.717) is 5.41 Å². The summed E-state index contributed by atoms with van der Waals surface area (Å²) >= 11 is 0. The van der Waals surface area contributed by atoms with Crippen LogP contribution in [0, 0.1) is 17.9 Å². The molecule has 0 aromatic rings. The zero-order chi connectivity index (χ0) is 9.86. The van der Waals surface area contributed by atoms with E-state index in [1.165, 1.54) is 57.8 Å². The van der Waals surface area contributed by atoms with Crippen LogP contribution in [0.25, 0.3) is 4.85 Å². The van der Waals surface area contributed by atoms with Crippen LogP contribution in [0.1, 0.15) is 57.8 Å². The molecule has 0 aromatic carbocycles. The smallest absolute Gasteiger partial charge is 0.220 e. The lowest BCUT2D eigenvalue weighted by molar-refractivity contribution is 0.118. The van der Waals surface area contributed by atoms with E-state index in [2.05, 4.69) is 4.85 Å². The van der Waals surface area contributed by atoms with E-state index in [4.69, 9.17) is 6.57 Å². The molecule has 2 aliphatic rings. The highest BCUT2D eigenvalue weighted by Gasteiger charge is 2.43. The maximum atomic E-state index is 7.15. The quantitative estimate of drug-likeness (QED) is 0.580. The lowest BCUT2D eigenvalue weighted by Gasteiger charge is -2.38. The number of hydrogen-bond acceptors (Lipinski definition) is 0. The third-order valence-electron chi connectivity index (χ3n) is 4.46. The first-order chi connectivity index (χ1) is 6.87. The lowest BCUT2D eigenvalue weighted by Crippen LogP contribution is -2.34. The molecule has 1 heteroatoms. The van der Waals surface area contributed by atoms with Gasteiger partial charge in [0.25, 0.3) is 0 Å². The summed E-state index contributed by atoms with van der Waals surface area (Å²) in [6.07, 6.45) is 12.5. The molecule has 0 N–H and O–H groups in total. The predicted octanol–water partition coefficient (Wildman–Crippen LogP) is 4.05. The first kappa shape index (κ1) is 10.0. The Morgan fingerprint density at radius 1 is 1.00 bits per heavy atom. The highest BCUT2D eigenvalue weighted by Crippen LogP contribution is 2.49. The van der Waals surface area contributed by atoms with Crippen molar-refractivity contribution >= 4 is 0 Å². The molecular formula is C13H21N. The third kappa shape index (κ3) is 1.80. The first-order valence-corrected chi connectivity index (χ1v) is 6.21. The molecular weight excluding hydrogens is 170 g/mol. The zero-order valence-electron chi connectivity index (χ0n) is 9.10. The van der Waals surface area contributed by atoms with Gasteiger partial charge in [0.05, 0.1) is 0 Å². The largest absolute Gasteiger partial charge is 0.316 e. The van der Waals surface area contributed by atoms with E-state index in [1.807, 2.05) is 0 Å². The van der Waals surface area contributed by atoms with E-state index in [-0.39, 0.29) is 0 Å². The summed E-state index contributed by atoms with van der Waals surface area (Å²) in [6, 6.07) is 0. The number of rotatable bonds is 2. The number of hydrogen-bond donors (Lipinski definition) is 0. The van der Waals surface area contributed by atoms with Gasteiger partial charge in [-0.3, -0.25) is 0 Å². The molecule has 0 atom stereocenters. The Balaban J connectivity index is 2.07. The van der Waals surface area contributed by atoms with Gasteiger partial charge < -0.3 is 4.85 Å². The van der Waals surface area contributed by atoms with Gasteiger partial charge in [-0.25, -0.2) is 6.57 Å². The molecule has 0 bridgehead atoms. The van der Waals surface area contributed by atoms with E-state index >= 15 is 0 Å². The molecule has 0 heterocycles. The summed E-state index contributed by atoms with van der Waals surface area (Å²) in [5, 5.41) is 0. The molecule has 0 amide bonds. The van der Waals surface area contributed by atoms with Crippen LogP contribution in [0.5, 0.6) is 0 Å². The normalized spacial score (nSPS) is 27.4. The highest BCUT2D eigenvalue weighted by molar-refractivity contribution is 4.95. The van der Waals surface area contributed by atoms with Crippen LogP contribution in [0.15, 0.2) is 0 Å². The van der Waals surface area contributed by atoms with Crippen molar-refractivity contribution in [1.29, 1.82) is 0 Å². The minimum atomic E-state index is 0.455. The second-order valence-electron chi connectivity index (χ2n) is 5.22. The standard InChI is InChI=1S/C13H21N/c1-14-11-13(9-5-2-6-10-13)12-7-3-4-8-12/h12H,2-11H2. The van der Waals surface area contributed by atoms with Gasteiger partial charge in [0.15, 0.2) is 0 Å². The number of nitrogens with zero attached hydrogens (tertiary/aromatic N) is 1. The minimum absolute atomic E-state index is 0.455. The van der Waals surface area contributed by atoms with Gasteiger partial charge in [-0.15, -0.1) is 0 Å². The average molecular weight is 191 g/mol.